The molecule has 1 heterocycles. The van der Waals surface area contributed by atoms with E-state index in [4.69, 9.17) is 14.6 Å². The normalized spacial score (nSPS) is 16.6. The van der Waals surface area contributed by atoms with Crippen LogP contribution in [0.5, 0.6) is 0 Å². The number of carbonyl (C=O) groups excluding carboxylic acids is 4. The molecule has 7 unspecified atom stereocenters. The quantitative estimate of drug-likeness (QED) is 0.115. The molecular weight excluding hydrogens is 727 g/mol. The fourth-order valence-corrected chi connectivity index (χ4v) is 6.47. The molecule has 13 nitrogen and oxygen atoms in total. The second-order valence-corrected chi connectivity index (χ2v) is 15.3. The van der Waals surface area contributed by atoms with Crippen LogP contribution in [0, 0.1) is 30.6 Å². The average Bonchev–Trinajstić information content (AvgIpc) is 3.66. The molecule has 0 bridgehead atoms. The molecule has 1 aliphatic heterocycles. The summed E-state index contributed by atoms with van der Waals surface area (Å²) in [5, 5.41) is 15.8. The molecule has 0 spiro atoms. The van der Waals surface area contributed by atoms with Crippen molar-refractivity contribution in [2.24, 2.45) is 23.7 Å². The Hall–Kier alpha value is -3.97. The van der Waals surface area contributed by atoms with Gasteiger partial charge in [0.25, 0.3) is 0 Å². The highest BCUT2D eigenvalue weighted by molar-refractivity contribution is 5.88. The number of carbonyl (C=O) groups is 5. The third kappa shape index (κ3) is 21.9. The van der Waals surface area contributed by atoms with Crippen LogP contribution in [0.15, 0.2) is 42.6 Å². The molecule has 0 aromatic heterocycles. The summed E-state index contributed by atoms with van der Waals surface area (Å²) >= 11 is 0. The number of rotatable bonds is 20. The lowest BCUT2D eigenvalue weighted by Gasteiger charge is -2.39. The minimum atomic E-state index is -1.04. The summed E-state index contributed by atoms with van der Waals surface area (Å²) in [6.45, 7) is 23.1. The van der Waals surface area contributed by atoms with E-state index < -0.39 is 18.1 Å². The Morgan fingerprint density at radius 1 is 0.965 bits per heavy atom. The maximum atomic E-state index is 13.6. The molecule has 0 radical (unpaired) electrons. The number of nitrogens with zero attached hydrogens (tertiary/aromatic N) is 2. The van der Waals surface area contributed by atoms with Gasteiger partial charge in [0.1, 0.15) is 12.6 Å². The molecular formula is C44H79N5O8. The zero-order valence-corrected chi connectivity index (χ0v) is 37.7. The van der Waals surface area contributed by atoms with Crippen molar-refractivity contribution in [1.29, 1.82) is 0 Å². The van der Waals surface area contributed by atoms with Crippen LogP contribution in [-0.2, 0) is 33.4 Å². The molecule has 4 amide bonds. The Balaban J connectivity index is 0. The number of likely N-dealkylation sites (tertiary alicyclic amines) is 1. The highest BCUT2D eigenvalue weighted by Gasteiger charge is 2.40. The van der Waals surface area contributed by atoms with Crippen LogP contribution in [0.2, 0.25) is 0 Å². The summed E-state index contributed by atoms with van der Waals surface area (Å²) in [6.07, 6.45) is 7.58. The van der Waals surface area contributed by atoms with Crippen LogP contribution in [-0.4, -0.2) is 116 Å². The van der Waals surface area contributed by atoms with Crippen molar-refractivity contribution >= 4 is 30.1 Å². The van der Waals surface area contributed by atoms with E-state index in [1.807, 2.05) is 48.3 Å². The summed E-state index contributed by atoms with van der Waals surface area (Å²) < 4.78 is 11.7. The number of aliphatic carboxylic acids is 1. The van der Waals surface area contributed by atoms with E-state index in [1.165, 1.54) is 12.0 Å². The standard InChI is InChI=1S/C31H58N4O5.C7H8.C3H5NO3.C3H8/c1-12-16-32-28(23(8)20(3)4)31(38)33-19-27(37)34(9)29(22(7)13-2)25(39-10)18-26(36)35-17-14-15-24(35)30(40-11)21(5)6;1-7-5-3-2-4-6-7;5-2-4-1-3(6)7;1-3-2/h12,16,20-25,28-30,32H,13-15,17-19H2,1-11H3,(H,33,38);2-6H,1H3;2H,1H2,(H,4,5)(H,6,7);3H2,1-2H3. The first-order valence-electron chi connectivity index (χ1n) is 20.6. The predicted octanol–water partition coefficient (Wildman–Crippen LogP) is 6.06. The molecule has 1 aromatic carbocycles. The Morgan fingerprint density at radius 3 is 1.96 bits per heavy atom. The molecule has 1 aromatic rings. The predicted molar refractivity (Wildman–Crippen MR) is 229 cm³/mol. The summed E-state index contributed by atoms with van der Waals surface area (Å²) in [6, 6.07) is 9.54. The third-order valence-electron chi connectivity index (χ3n) is 10.0. The molecule has 1 saturated heterocycles. The van der Waals surface area contributed by atoms with Crippen LogP contribution in [0.25, 0.3) is 0 Å². The van der Waals surface area contributed by atoms with E-state index in [9.17, 15) is 24.0 Å². The number of hydrogen-bond acceptors (Lipinski definition) is 8. The van der Waals surface area contributed by atoms with Crippen molar-refractivity contribution in [3.05, 3.63) is 48.2 Å². The van der Waals surface area contributed by atoms with Gasteiger partial charge in [-0.1, -0.05) is 117 Å². The average molecular weight is 806 g/mol. The molecule has 2 rings (SSSR count). The maximum absolute atomic E-state index is 13.6. The molecule has 0 aliphatic carbocycles. The van der Waals surface area contributed by atoms with Gasteiger partial charge in [-0.2, -0.15) is 0 Å². The van der Waals surface area contributed by atoms with Gasteiger partial charge in [0.05, 0.1) is 37.3 Å². The van der Waals surface area contributed by atoms with Crippen molar-refractivity contribution in [3.63, 3.8) is 0 Å². The van der Waals surface area contributed by atoms with Gasteiger partial charge in [0, 0.05) is 27.8 Å². The number of aryl methyl sites for hydroxylation is 1. The molecule has 1 fully saturated rings. The molecule has 4 N–H and O–H groups in total. The zero-order chi connectivity index (χ0) is 44.1. The van der Waals surface area contributed by atoms with Crippen LogP contribution >= 0.6 is 0 Å². The second-order valence-electron chi connectivity index (χ2n) is 15.3. The van der Waals surface area contributed by atoms with E-state index in [0.29, 0.717) is 18.9 Å². The van der Waals surface area contributed by atoms with Crippen molar-refractivity contribution in [1.82, 2.24) is 25.8 Å². The number of methoxy groups -OCH3 is 2. The van der Waals surface area contributed by atoms with E-state index >= 15 is 0 Å². The number of likely N-dealkylation sites (N-methyl/N-ethyl adjacent to an activating group) is 1. The fraction of sp³-hybridized carbons (Fsp3) is 0.705. The number of nitrogens with one attached hydrogen (secondary N) is 3. The van der Waals surface area contributed by atoms with Crippen LogP contribution < -0.4 is 16.0 Å². The van der Waals surface area contributed by atoms with Crippen molar-refractivity contribution in [2.75, 3.05) is 40.9 Å². The number of hydrogen-bond donors (Lipinski definition) is 4. The fourth-order valence-electron chi connectivity index (χ4n) is 6.47. The van der Waals surface area contributed by atoms with Gasteiger partial charge in [-0.3, -0.25) is 24.0 Å². The maximum Gasteiger partial charge on any atom is 0.322 e. The lowest BCUT2D eigenvalue weighted by Crippen LogP contribution is -2.55. The lowest BCUT2D eigenvalue weighted by molar-refractivity contribution is -0.144. The Labute approximate surface area is 345 Å². The molecule has 57 heavy (non-hydrogen) atoms. The summed E-state index contributed by atoms with van der Waals surface area (Å²) in [5.41, 5.74) is 1.32. The number of carboxylic acids is 1. The smallest absolute Gasteiger partial charge is 0.322 e. The minimum Gasteiger partial charge on any atom is -0.480 e. The Bertz CT molecular complexity index is 1280. The first-order valence-corrected chi connectivity index (χ1v) is 20.6. The number of carboxylic acid groups (broad SMARTS) is 1. The molecule has 0 saturated carbocycles. The SMILES string of the molecule is CC=CNC(C(=O)NCC(=O)N(C)C(C(C)CC)C(CC(=O)N1CCCC1C(OC)C(C)C)OC)C(C)C(C)C.CCC.Cc1ccccc1.O=CNCC(=O)O. The topological polar surface area (TPSA) is 167 Å². The summed E-state index contributed by atoms with van der Waals surface area (Å²) in [7, 11) is 5.06. The van der Waals surface area contributed by atoms with E-state index in [-0.39, 0.29) is 73.2 Å². The van der Waals surface area contributed by atoms with Crippen LogP contribution in [0.3, 0.4) is 0 Å². The van der Waals surface area contributed by atoms with E-state index in [1.54, 1.807) is 32.4 Å². The summed E-state index contributed by atoms with van der Waals surface area (Å²) in [5.74, 6) is -0.688. The highest BCUT2D eigenvalue weighted by atomic mass is 16.5. The highest BCUT2D eigenvalue weighted by Crippen LogP contribution is 2.29. The third-order valence-corrected chi connectivity index (χ3v) is 10.0. The first kappa shape index (κ1) is 55.1. The van der Waals surface area contributed by atoms with Crippen LogP contribution in [0.4, 0.5) is 0 Å². The number of amides is 4. The van der Waals surface area contributed by atoms with Gasteiger partial charge in [0.2, 0.25) is 24.1 Å². The number of allylic oxidation sites excluding steroid dienone is 1. The van der Waals surface area contributed by atoms with Gasteiger partial charge >= 0.3 is 5.97 Å². The Kier molecular flexibility index (Phi) is 31.0. The monoisotopic (exact) mass is 806 g/mol. The summed E-state index contributed by atoms with van der Waals surface area (Å²) in [4.78, 5) is 62.5. The number of benzene rings is 1. The van der Waals surface area contributed by atoms with Gasteiger partial charge in [0.15, 0.2) is 0 Å². The molecule has 1 aliphatic rings. The van der Waals surface area contributed by atoms with E-state index in [0.717, 1.165) is 19.3 Å². The van der Waals surface area contributed by atoms with E-state index in [2.05, 4.69) is 85.1 Å². The van der Waals surface area contributed by atoms with Crippen molar-refractivity contribution in [3.8, 4) is 0 Å². The van der Waals surface area contributed by atoms with Gasteiger partial charge in [-0.05, 0) is 56.6 Å². The first-order chi connectivity index (χ1) is 26.9. The molecule has 13 heteroatoms. The van der Waals surface area contributed by atoms with Gasteiger partial charge < -0.3 is 40.3 Å². The van der Waals surface area contributed by atoms with Crippen molar-refractivity contribution < 1.29 is 38.6 Å². The lowest BCUT2D eigenvalue weighted by atomic mass is 9.89. The largest absolute Gasteiger partial charge is 0.480 e. The number of ether oxygens (including phenoxy) is 2. The van der Waals surface area contributed by atoms with Gasteiger partial charge in [-0.25, -0.2) is 0 Å². The zero-order valence-electron chi connectivity index (χ0n) is 37.7. The molecule has 7 atom stereocenters. The second kappa shape index (κ2) is 32.0. The minimum absolute atomic E-state index is 0.0183. The van der Waals surface area contributed by atoms with Gasteiger partial charge in [-0.15, -0.1) is 0 Å². The molecule has 328 valence electrons. The van der Waals surface area contributed by atoms with Crippen molar-refractivity contribution in [2.45, 2.75) is 139 Å². The van der Waals surface area contributed by atoms with Crippen LogP contribution in [0.1, 0.15) is 107 Å². The Morgan fingerprint density at radius 2 is 1.56 bits per heavy atom.